The predicted molar refractivity (Wildman–Crippen MR) is 49.0 cm³/mol. The fraction of sp³-hybridized carbons (Fsp3) is 0.200. The molecule has 0 unspecified atom stereocenters. The lowest BCUT2D eigenvalue weighted by Gasteiger charge is -1.99. The van der Waals surface area contributed by atoms with Crippen LogP contribution >= 0.6 is 0 Å². The third-order valence-corrected chi connectivity index (χ3v) is 2.21. The maximum absolute atomic E-state index is 11.2. The van der Waals surface area contributed by atoms with Gasteiger partial charge < -0.3 is 10.4 Å². The van der Waals surface area contributed by atoms with Crippen molar-refractivity contribution in [3.63, 3.8) is 0 Å². The van der Waals surface area contributed by atoms with Crippen LogP contribution in [0.3, 0.4) is 0 Å². The van der Waals surface area contributed by atoms with Crippen LogP contribution in [0.1, 0.15) is 21.5 Å². The molecule has 4 heteroatoms. The molecule has 2 rings (SSSR count). The number of aliphatic carboxylic acids is 1. The molecule has 0 aliphatic carbocycles. The fourth-order valence-corrected chi connectivity index (χ4v) is 1.54. The van der Waals surface area contributed by atoms with Crippen LogP contribution in [0.2, 0.25) is 0 Å². The van der Waals surface area contributed by atoms with Gasteiger partial charge in [-0.05, 0) is 17.2 Å². The minimum atomic E-state index is -0.886. The van der Waals surface area contributed by atoms with E-state index < -0.39 is 5.97 Å². The van der Waals surface area contributed by atoms with Crippen molar-refractivity contribution in [3.8, 4) is 0 Å². The number of carbonyl (C=O) groups excluding carboxylic acids is 1. The Morgan fingerprint density at radius 2 is 2.29 bits per heavy atom. The molecule has 0 bridgehead atoms. The Morgan fingerprint density at radius 1 is 1.50 bits per heavy atom. The Balaban J connectivity index is 2.35. The van der Waals surface area contributed by atoms with Crippen molar-refractivity contribution in [1.82, 2.24) is 5.32 Å². The van der Waals surface area contributed by atoms with Crippen molar-refractivity contribution in [2.24, 2.45) is 0 Å². The Morgan fingerprint density at radius 3 is 3.00 bits per heavy atom. The summed E-state index contributed by atoms with van der Waals surface area (Å²) in [7, 11) is 0. The molecule has 2 N–H and O–H groups in total. The van der Waals surface area contributed by atoms with Gasteiger partial charge in [0.15, 0.2) is 0 Å². The van der Waals surface area contributed by atoms with Crippen LogP contribution in [0.4, 0.5) is 0 Å². The first-order chi connectivity index (χ1) is 6.66. The van der Waals surface area contributed by atoms with Crippen molar-refractivity contribution in [3.05, 3.63) is 34.9 Å². The highest BCUT2D eigenvalue weighted by molar-refractivity contribution is 5.98. The molecule has 14 heavy (non-hydrogen) atoms. The van der Waals surface area contributed by atoms with Gasteiger partial charge >= 0.3 is 5.97 Å². The van der Waals surface area contributed by atoms with Gasteiger partial charge in [0.1, 0.15) is 0 Å². The zero-order valence-electron chi connectivity index (χ0n) is 7.41. The smallest absolute Gasteiger partial charge is 0.307 e. The van der Waals surface area contributed by atoms with Crippen LogP contribution in [0.5, 0.6) is 0 Å². The summed E-state index contributed by atoms with van der Waals surface area (Å²) in [6.45, 7) is 0.543. The molecule has 0 saturated carbocycles. The Hall–Kier alpha value is -1.84. The van der Waals surface area contributed by atoms with E-state index in [4.69, 9.17) is 5.11 Å². The zero-order valence-corrected chi connectivity index (χ0v) is 7.41. The van der Waals surface area contributed by atoms with E-state index in [9.17, 15) is 9.59 Å². The van der Waals surface area contributed by atoms with E-state index in [2.05, 4.69) is 5.32 Å². The van der Waals surface area contributed by atoms with Crippen molar-refractivity contribution in [2.45, 2.75) is 13.0 Å². The number of carboxylic acids is 1. The molecular weight excluding hydrogens is 182 g/mol. The first-order valence-electron chi connectivity index (χ1n) is 4.28. The van der Waals surface area contributed by atoms with Crippen LogP contribution in [-0.4, -0.2) is 17.0 Å². The van der Waals surface area contributed by atoms with Gasteiger partial charge in [-0.3, -0.25) is 9.59 Å². The van der Waals surface area contributed by atoms with E-state index >= 15 is 0 Å². The maximum Gasteiger partial charge on any atom is 0.307 e. The van der Waals surface area contributed by atoms with E-state index in [1.807, 2.05) is 0 Å². The Bertz CT molecular complexity index is 412. The van der Waals surface area contributed by atoms with Gasteiger partial charge in [-0.1, -0.05) is 12.1 Å². The van der Waals surface area contributed by atoms with E-state index in [-0.39, 0.29) is 12.3 Å². The second-order valence-electron chi connectivity index (χ2n) is 3.24. The quantitative estimate of drug-likeness (QED) is 0.717. The number of hydrogen-bond donors (Lipinski definition) is 2. The molecule has 0 aromatic heterocycles. The molecule has 0 radical (unpaired) electrons. The normalized spacial score (nSPS) is 13.6. The molecule has 4 nitrogen and oxygen atoms in total. The zero-order chi connectivity index (χ0) is 10.1. The molecule has 1 amide bonds. The lowest BCUT2D eigenvalue weighted by molar-refractivity contribution is -0.136. The molecule has 72 valence electrons. The SMILES string of the molecule is O=C(O)Cc1ccc2c(c1)C(=O)NC2. The summed E-state index contributed by atoms with van der Waals surface area (Å²) in [4.78, 5) is 21.7. The van der Waals surface area contributed by atoms with E-state index in [0.717, 1.165) is 5.56 Å². The largest absolute Gasteiger partial charge is 0.481 e. The van der Waals surface area contributed by atoms with Gasteiger partial charge in [-0.2, -0.15) is 0 Å². The third kappa shape index (κ3) is 1.46. The lowest BCUT2D eigenvalue weighted by Crippen LogP contribution is -2.12. The summed E-state index contributed by atoms with van der Waals surface area (Å²) in [6, 6.07) is 5.19. The fourth-order valence-electron chi connectivity index (χ4n) is 1.54. The molecule has 1 aromatic rings. The molecule has 0 atom stereocenters. The van der Waals surface area contributed by atoms with Crippen LogP contribution in [0.15, 0.2) is 18.2 Å². The van der Waals surface area contributed by atoms with Crippen molar-refractivity contribution < 1.29 is 14.7 Å². The van der Waals surface area contributed by atoms with Crippen LogP contribution in [0.25, 0.3) is 0 Å². The van der Waals surface area contributed by atoms with E-state index in [0.29, 0.717) is 17.7 Å². The number of carboxylic acid groups (broad SMARTS) is 1. The maximum atomic E-state index is 11.2. The minimum absolute atomic E-state index is 0.0411. The summed E-state index contributed by atoms with van der Waals surface area (Å²) >= 11 is 0. The third-order valence-electron chi connectivity index (χ3n) is 2.21. The minimum Gasteiger partial charge on any atom is -0.481 e. The Labute approximate surface area is 80.6 Å². The van der Waals surface area contributed by atoms with E-state index in [1.165, 1.54) is 0 Å². The highest BCUT2D eigenvalue weighted by Gasteiger charge is 2.18. The number of carbonyl (C=O) groups is 2. The summed E-state index contributed by atoms with van der Waals surface area (Å²) in [6.07, 6.45) is -0.0411. The summed E-state index contributed by atoms with van der Waals surface area (Å²) in [5.74, 6) is -1.00. The highest BCUT2D eigenvalue weighted by atomic mass is 16.4. The summed E-state index contributed by atoms with van der Waals surface area (Å²) in [5, 5.41) is 11.3. The van der Waals surface area contributed by atoms with Gasteiger partial charge in [0, 0.05) is 12.1 Å². The number of amides is 1. The summed E-state index contributed by atoms with van der Waals surface area (Å²) < 4.78 is 0. The molecule has 1 aliphatic rings. The topological polar surface area (TPSA) is 66.4 Å². The molecule has 0 fully saturated rings. The number of rotatable bonds is 2. The van der Waals surface area contributed by atoms with Gasteiger partial charge in [-0.15, -0.1) is 0 Å². The molecule has 1 aliphatic heterocycles. The van der Waals surface area contributed by atoms with E-state index in [1.54, 1.807) is 18.2 Å². The molecule has 0 spiro atoms. The average Bonchev–Trinajstić information content (AvgIpc) is 2.47. The monoisotopic (exact) mass is 191 g/mol. The standard InChI is InChI=1S/C10H9NO3/c12-9(13)4-6-1-2-7-5-11-10(14)8(7)3-6/h1-3H,4-5H2,(H,11,14)(H,12,13). The average molecular weight is 191 g/mol. The van der Waals surface area contributed by atoms with Gasteiger partial charge in [0.05, 0.1) is 6.42 Å². The number of benzene rings is 1. The molecule has 1 aromatic carbocycles. The number of nitrogens with one attached hydrogen (secondary N) is 1. The van der Waals surface area contributed by atoms with Crippen molar-refractivity contribution >= 4 is 11.9 Å². The Kier molecular flexibility index (Phi) is 1.96. The van der Waals surface area contributed by atoms with Gasteiger partial charge in [-0.25, -0.2) is 0 Å². The first kappa shape index (κ1) is 8.74. The lowest BCUT2D eigenvalue weighted by atomic mass is 10.0. The highest BCUT2D eigenvalue weighted by Crippen LogP contribution is 2.17. The number of fused-ring (bicyclic) bond motifs is 1. The molecule has 0 saturated heterocycles. The molecule has 1 heterocycles. The van der Waals surface area contributed by atoms with Crippen molar-refractivity contribution in [1.29, 1.82) is 0 Å². The predicted octanol–water partition coefficient (Wildman–Crippen LogP) is 0.557. The van der Waals surface area contributed by atoms with Crippen molar-refractivity contribution in [2.75, 3.05) is 0 Å². The summed E-state index contributed by atoms with van der Waals surface area (Å²) in [5.41, 5.74) is 2.20. The number of hydrogen-bond acceptors (Lipinski definition) is 2. The van der Waals surface area contributed by atoms with Crippen LogP contribution in [-0.2, 0) is 17.8 Å². The van der Waals surface area contributed by atoms with Gasteiger partial charge in [0.2, 0.25) is 0 Å². The second kappa shape index (κ2) is 3.14. The van der Waals surface area contributed by atoms with Crippen LogP contribution < -0.4 is 5.32 Å². The molecular formula is C10H9NO3. The first-order valence-corrected chi connectivity index (χ1v) is 4.28. The van der Waals surface area contributed by atoms with Gasteiger partial charge in [0.25, 0.3) is 5.91 Å². The second-order valence-corrected chi connectivity index (χ2v) is 3.24. The van der Waals surface area contributed by atoms with Crippen LogP contribution in [0, 0.1) is 0 Å².